The predicted octanol–water partition coefficient (Wildman–Crippen LogP) is 5.85. The molecular weight excluding hydrogens is 496 g/mol. The number of carbonyl (C=O) groups is 1. The Morgan fingerprint density at radius 3 is 2.37 bits per heavy atom. The lowest BCUT2D eigenvalue weighted by molar-refractivity contribution is 0.0600. The standard InChI is InChI=1S/C30H30N4O3S/c1-5-37-24-15-13-23(14-16-24)34-28(27(32-30(34)38)26-8-6-7-17-31-26)25-18-19(2)33(20(25)3)22-11-9-21(10-12-22)29(35)36-4/h6-18,27-28H,5H2,1-4H3,(H,32,38). The van der Waals surface area contributed by atoms with Gasteiger partial charge < -0.3 is 24.3 Å². The molecular formula is C30H30N4O3S. The number of thiocarbonyl (C=S) groups is 1. The molecule has 7 nitrogen and oxygen atoms in total. The summed E-state index contributed by atoms with van der Waals surface area (Å²) < 4.78 is 12.7. The number of anilines is 1. The van der Waals surface area contributed by atoms with Crippen LogP contribution in [0.25, 0.3) is 5.69 Å². The van der Waals surface area contributed by atoms with Gasteiger partial charge in [-0.1, -0.05) is 6.07 Å². The Morgan fingerprint density at radius 2 is 1.74 bits per heavy atom. The van der Waals surface area contributed by atoms with E-state index < -0.39 is 0 Å². The van der Waals surface area contributed by atoms with Crippen molar-refractivity contribution < 1.29 is 14.3 Å². The number of hydrogen-bond acceptors (Lipinski definition) is 5. The second-order valence-corrected chi connectivity index (χ2v) is 9.51. The van der Waals surface area contributed by atoms with Crippen LogP contribution in [0.3, 0.4) is 0 Å². The molecule has 2 aromatic heterocycles. The van der Waals surface area contributed by atoms with Gasteiger partial charge >= 0.3 is 5.97 Å². The summed E-state index contributed by atoms with van der Waals surface area (Å²) in [5.41, 5.74) is 6.67. The van der Waals surface area contributed by atoms with Gasteiger partial charge in [-0.15, -0.1) is 0 Å². The van der Waals surface area contributed by atoms with E-state index in [9.17, 15) is 4.79 Å². The first-order valence-corrected chi connectivity index (χ1v) is 12.9. The zero-order valence-electron chi connectivity index (χ0n) is 21.8. The summed E-state index contributed by atoms with van der Waals surface area (Å²) in [4.78, 5) is 18.8. The summed E-state index contributed by atoms with van der Waals surface area (Å²) >= 11 is 5.89. The van der Waals surface area contributed by atoms with Crippen LogP contribution in [0.5, 0.6) is 5.75 Å². The van der Waals surface area contributed by atoms with Gasteiger partial charge in [-0.3, -0.25) is 4.98 Å². The zero-order valence-corrected chi connectivity index (χ0v) is 22.7. The smallest absolute Gasteiger partial charge is 0.337 e. The third kappa shape index (κ3) is 4.63. The van der Waals surface area contributed by atoms with Gasteiger partial charge in [-0.25, -0.2) is 4.79 Å². The van der Waals surface area contributed by atoms with Crippen LogP contribution in [0.4, 0.5) is 5.69 Å². The SMILES string of the molecule is CCOc1ccc(N2C(=S)NC(c3ccccn3)C2c2cc(C)n(-c3ccc(C(=O)OC)cc3)c2C)cc1. The Balaban J connectivity index is 1.60. The second kappa shape index (κ2) is 10.7. The highest BCUT2D eigenvalue weighted by molar-refractivity contribution is 7.80. The maximum Gasteiger partial charge on any atom is 0.337 e. The van der Waals surface area contributed by atoms with Crippen molar-refractivity contribution in [3.8, 4) is 11.4 Å². The summed E-state index contributed by atoms with van der Waals surface area (Å²) in [5.74, 6) is 0.466. The fourth-order valence-electron chi connectivity index (χ4n) is 5.17. The molecule has 38 heavy (non-hydrogen) atoms. The average molecular weight is 527 g/mol. The van der Waals surface area contributed by atoms with Gasteiger partial charge in [0.15, 0.2) is 5.11 Å². The van der Waals surface area contributed by atoms with Crippen LogP contribution in [0.1, 0.15) is 52.0 Å². The zero-order chi connectivity index (χ0) is 26.8. The van der Waals surface area contributed by atoms with Gasteiger partial charge in [0, 0.05) is 29.0 Å². The number of aromatic nitrogens is 2. The van der Waals surface area contributed by atoms with Crippen molar-refractivity contribution in [3.05, 3.63) is 107 Å². The highest BCUT2D eigenvalue weighted by Gasteiger charge is 2.42. The number of benzene rings is 2. The third-order valence-corrected chi connectivity index (χ3v) is 7.17. The predicted molar refractivity (Wildman–Crippen MR) is 152 cm³/mol. The first-order chi connectivity index (χ1) is 18.4. The molecule has 2 atom stereocenters. The van der Waals surface area contributed by atoms with E-state index in [1.165, 1.54) is 7.11 Å². The lowest BCUT2D eigenvalue weighted by atomic mass is 9.96. The number of rotatable bonds is 7. The molecule has 194 valence electrons. The molecule has 0 amide bonds. The molecule has 0 saturated carbocycles. The molecule has 4 aromatic rings. The lowest BCUT2D eigenvalue weighted by Gasteiger charge is -2.28. The molecule has 1 aliphatic rings. The Morgan fingerprint density at radius 1 is 1.03 bits per heavy atom. The molecule has 0 spiro atoms. The maximum atomic E-state index is 11.9. The molecule has 1 aliphatic heterocycles. The summed E-state index contributed by atoms with van der Waals surface area (Å²) in [6.45, 7) is 6.78. The number of nitrogens with zero attached hydrogens (tertiary/aromatic N) is 3. The van der Waals surface area contributed by atoms with Crippen molar-refractivity contribution >= 4 is 29.0 Å². The molecule has 5 rings (SSSR count). The molecule has 1 N–H and O–H groups in total. The molecule has 2 unspecified atom stereocenters. The molecule has 3 heterocycles. The highest BCUT2D eigenvalue weighted by Crippen LogP contribution is 2.44. The Labute approximate surface area is 228 Å². The van der Waals surface area contributed by atoms with E-state index in [1.54, 1.807) is 12.1 Å². The van der Waals surface area contributed by atoms with Crippen LogP contribution in [-0.4, -0.2) is 34.3 Å². The van der Waals surface area contributed by atoms with Crippen LogP contribution >= 0.6 is 12.2 Å². The third-order valence-electron chi connectivity index (χ3n) is 6.86. The fraction of sp³-hybridized carbons (Fsp3) is 0.233. The van der Waals surface area contributed by atoms with E-state index in [0.717, 1.165) is 39.8 Å². The minimum atomic E-state index is -0.354. The van der Waals surface area contributed by atoms with Crippen LogP contribution < -0.4 is 15.0 Å². The number of pyridine rings is 1. The van der Waals surface area contributed by atoms with Crippen molar-refractivity contribution in [3.63, 3.8) is 0 Å². The highest BCUT2D eigenvalue weighted by atomic mass is 32.1. The Bertz CT molecular complexity index is 1450. The summed E-state index contributed by atoms with van der Waals surface area (Å²) in [5, 5.41) is 4.17. The van der Waals surface area contributed by atoms with E-state index in [2.05, 4.69) is 39.7 Å². The summed E-state index contributed by atoms with van der Waals surface area (Å²) in [7, 11) is 1.39. The van der Waals surface area contributed by atoms with Crippen molar-refractivity contribution in [2.75, 3.05) is 18.6 Å². The van der Waals surface area contributed by atoms with E-state index in [-0.39, 0.29) is 18.1 Å². The average Bonchev–Trinajstić information content (AvgIpc) is 3.44. The van der Waals surface area contributed by atoms with E-state index in [0.29, 0.717) is 17.3 Å². The number of nitrogens with one attached hydrogen (secondary N) is 1. The Hall–Kier alpha value is -4.17. The van der Waals surface area contributed by atoms with Gasteiger partial charge in [0.1, 0.15) is 5.75 Å². The van der Waals surface area contributed by atoms with Gasteiger partial charge in [-0.2, -0.15) is 0 Å². The minimum absolute atomic E-state index is 0.135. The second-order valence-electron chi connectivity index (χ2n) is 9.12. The Kier molecular flexibility index (Phi) is 7.15. The van der Waals surface area contributed by atoms with Crippen LogP contribution in [0.15, 0.2) is 79.0 Å². The van der Waals surface area contributed by atoms with E-state index in [4.69, 9.17) is 21.7 Å². The van der Waals surface area contributed by atoms with Crippen LogP contribution in [-0.2, 0) is 4.74 Å². The molecule has 8 heteroatoms. The summed E-state index contributed by atoms with van der Waals surface area (Å²) in [6.07, 6.45) is 1.81. The van der Waals surface area contributed by atoms with Crippen molar-refractivity contribution in [2.24, 2.45) is 0 Å². The molecule has 2 aromatic carbocycles. The normalized spacial score (nSPS) is 16.8. The molecule has 1 saturated heterocycles. The van der Waals surface area contributed by atoms with Gasteiger partial charge in [0.05, 0.1) is 37.1 Å². The monoisotopic (exact) mass is 526 g/mol. The first-order valence-electron chi connectivity index (χ1n) is 12.5. The molecule has 1 fully saturated rings. The fourth-order valence-corrected chi connectivity index (χ4v) is 5.51. The van der Waals surface area contributed by atoms with Crippen molar-refractivity contribution in [2.45, 2.75) is 32.9 Å². The molecule has 0 aliphatic carbocycles. The first kappa shape index (κ1) is 25.5. The van der Waals surface area contributed by atoms with Crippen molar-refractivity contribution in [1.29, 1.82) is 0 Å². The topological polar surface area (TPSA) is 68.6 Å². The maximum absolute atomic E-state index is 11.9. The molecule has 0 bridgehead atoms. The van der Waals surface area contributed by atoms with Crippen molar-refractivity contribution in [1.82, 2.24) is 14.9 Å². The largest absolute Gasteiger partial charge is 0.494 e. The van der Waals surface area contributed by atoms with Crippen LogP contribution in [0, 0.1) is 13.8 Å². The minimum Gasteiger partial charge on any atom is -0.494 e. The van der Waals surface area contributed by atoms with E-state index in [1.807, 2.05) is 67.7 Å². The van der Waals surface area contributed by atoms with Gasteiger partial charge in [-0.05, 0) is 105 Å². The summed E-state index contributed by atoms with van der Waals surface area (Å²) in [6, 6.07) is 23.3. The number of ether oxygens (including phenoxy) is 2. The quantitative estimate of drug-likeness (QED) is 0.239. The lowest BCUT2D eigenvalue weighted by Crippen LogP contribution is -2.29. The number of aryl methyl sites for hydroxylation is 1. The number of esters is 1. The van der Waals surface area contributed by atoms with Crippen LogP contribution in [0.2, 0.25) is 0 Å². The van der Waals surface area contributed by atoms with E-state index >= 15 is 0 Å². The molecule has 0 radical (unpaired) electrons. The van der Waals surface area contributed by atoms with Gasteiger partial charge in [0.2, 0.25) is 0 Å². The number of hydrogen-bond donors (Lipinski definition) is 1. The van der Waals surface area contributed by atoms with Gasteiger partial charge in [0.25, 0.3) is 0 Å². The number of carbonyl (C=O) groups excluding carboxylic acids is 1. The number of methoxy groups -OCH3 is 1.